The van der Waals surface area contributed by atoms with Crippen LogP contribution in [0.3, 0.4) is 0 Å². The number of amides is 1. The first-order valence-electron chi connectivity index (χ1n) is 10.3. The lowest BCUT2D eigenvalue weighted by Gasteiger charge is -2.33. The Kier molecular flexibility index (Phi) is 6.02. The van der Waals surface area contributed by atoms with Crippen LogP contribution in [-0.2, 0) is 16.0 Å². The highest BCUT2D eigenvalue weighted by Gasteiger charge is 2.28. The zero-order valence-corrected chi connectivity index (χ0v) is 17.0. The van der Waals surface area contributed by atoms with Crippen LogP contribution in [-0.4, -0.2) is 45.9 Å². The number of fused-ring (bicyclic) bond motifs is 1. The van der Waals surface area contributed by atoms with Crippen LogP contribution in [0.25, 0.3) is 11.0 Å². The highest BCUT2D eigenvalue weighted by Crippen LogP contribution is 2.22. The van der Waals surface area contributed by atoms with Gasteiger partial charge in [0.25, 0.3) is 5.91 Å². The molecule has 1 saturated heterocycles. The van der Waals surface area contributed by atoms with Gasteiger partial charge in [0.05, 0.1) is 16.6 Å². The summed E-state index contributed by atoms with van der Waals surface area (Å²) in [5, 5.41) is 0. The molecule has 1 fully saturated rings. The van der Waals surface area contributed by atoms with E-state index in [2.05, 4.69) is 34.2 Å². The largest absolute Gasteiger partial charge is 0.449 e. The molecular weight excluding hydrogens is 378 g/mol. The molecule has 6 heteroatoms. The monoisotopic (exact) mass is 403 g/mol. The second-order valence-electron chi connectivity index (χ2n) is 7.77. The summed E-state index contributed by atoms with van der Waals surface area (Å²) in [5.74, 6) is -0.0857. The number of likely N-dealkylation sites (tertiary alicyclic amines) is 1. The van der Waals surface area contributed by atoms with Crippen LogP contribution in [0.1, 0.15) is 35.7 Å². The fourth-order valence-electron chi connectivity index (χ4n) is 3.93. The van der Waals surface area contributed by atoms with Gasteiger partial charge in [0.1, 0.15) is 0 Å². The highest BCUT2D eigenvalue weighted by molar-refractivity contribution is 5.95. The van der Waals surface area contributed by atoms with Crippen LogP contribution in [0.4, 0.5) is 0 Å². The summed E-state index contributed by atoms with van der Waals surface area (Å²) >= 11 is 0. The number of hydrogen-bond donors (Lipinski definition) is 0. The summed E-state index contributed by atoms with van der Waals surface area (Å²) in [4.78, 5) is 35.5. The number of nitrogens with zero attached hydrogens (tertiary/aromatic N) is 3. The molecule has 1 atom stereocenters. The number of piperidine rings is 1. The van der Waals surface area contributed by atoms with Gasteiger partial charge in [0.15, 0.2) is 6.10 Å². The zero-order valence-electron chi connectivity index (χ0n) is 17.0. The molecule has 0 aliphatic carbocycles. The van der Waals surface area contributed by atoms with Gasteiger partial charge < -0.3 is 9.64 Å². The van der Waals surface area contributed by atoms with E-state index in [0.717, 1.165) is 19.3 Å². The predicted molar refractivity (Wildman–Crippen MR) is 114 cm³/mol. The minimum atomic E-state index is -0.819. The molecule has 0 N–H and O–H groups in total. The molecule has 4 rings (SSSR count). The Morgan fingerprint density at radius 3 is 2.47 bits per heavy atom. The highest BCUT2D eigenvalue weighted by atomic mass is 16.5. The molecule has 1 amide bonds. The van der Waals surface area contributed by atoms with Crippen molar-refractivity contribution < 1.29 is 14.3 Å². The maximum atomic E-state index is 12.8. The van der Waals surface area contributed by atoms with Crippen LogP contribution < -0.4 is 0 Å². The van der Waals surface area contributed by atoms with Crippen molar-refractivity contribution in [2.75, 3.05) is 13.1 Å². The molecule has 2 aromatic carbocycles. The van der Waals surface area contributed by atoms with Gasteiger partial charge >= 0.3 is 5.97 Å². The van der Waals surface area contributed by atoms with Gasteiger partial charge in [-0.3, -0.25) is 14.8 Å². The van der Waals surface area contributed by atoms with E-state index in [1.807, 2.05) is 11.0 Å². The first-order chi connectivity index (χ1) is 14.6. The van der Waals surface area contributed by atoms with Crippen LogP contribution >= 0.6 is 0 Å². The van der Waals surface area contributed by atoms with Gasteiger partial charge in [-0.05, 0) is 55.9 Å². The third-order valence-electron chi connectivity index (χ3n) is 5.63. The maximum Gasteiger partial charge on any atom is 0.338 e. The number of benzene rings is 2. The zero-order chi connectivity index (χ0) is 20.9. The minimum Gasteiger partial charge on any atom is -0.449 e. The second-order valence-corrected chi connectivity index (χ2v) is 7.77. The van der Waals surface area contributed by atoms with Crippen LogP contribution in [0.5, 0.6) is 0 Å². The van der Waals surface area contributed by atoms with E-state index in [9.17, 15) is 9.59 Å². The van der Waals surface area contributed by atoms with Crippen molar-refractivity contribution in [2.45, 2.75) is 32.3 Å². The molecule has 30 heavy (non-hydrogen) atoms. The average molecular weight is 403 g/mol. The molecule has 1 aliphatic rings. The van der Waals surface area contributed by atoms with Gasteiger partial charge in [0, 0.05) is 25.5 Å². The first-order valence-corrected chi connectivity index (χ1v) is 10.3. The molecule has 1 aliphatic heterocycles. The number of aromatic nitrogens is 2. The van der Waals surface area contributed by atoms with Crippen LogP contribution in [0, 0.1) is 5.92 Å². The molecular formula is C24H25N3O3. The lowest BCUT2D eigenvalue weighted by molar-refractivity contribution is -0.141. The van der Waals surface area contributed by atoms with E-state index >= 15 is 0 Å². The van der Waals surface area contributed by atoms with Gasteiger partial charge in [-0.2, -0.15) is 0 Å². The third kappa shape index (κ3) is 4.64. The van der Waals surface area contributed by atoms with Gasteiger partial charge in [0.2, 0.25) is 0 Å². The smallest absolute Gasteiger partial charge is 0.338 e. The fraction of sp³-hybridized carbons (Fsp3) is 0.333. The molecule has 1 aromatic heterocycles. The quantitative estimate of drug-likeness (QED) is 0.608. The molecule has 6 nitrogen and oxygen atoms in total. The average Bonchev–Trinajstić information content (AvgIpc) is 2.79. The number of rotatable bonds is 5. The molecule has 0 radical (unpaired) electrons. The molecule has 0 saturated carbocycles. The minimum absolute atomic E-state index is 0.137. The SMILES string of the molecule is C[C@@H](OC(=O)c1ccc2nccnc2c1)C(=O)N1CCC(Cc2ccccc2)CC1. The van der Waals surface area contributed by atoms with E-state index in [-0.39, 0.29) is 5.91 Å². The van der Waals surface area contributed by atoms with Gasteiger partial charge in [-0.15, -0.1) is 0 Å². The Balaban J connectivity index is 1.30. The summed E-state index contributed by atoms with van der Waals surface area (Å²) in [6, 6.07) is 15.5. The molecule has 0 bridgehead atoms. The van der Waals surface area contributed by atoms with Crippen molar-refractivity contribution in [3.05, 3.63) is 72.1 Å². The topological polar surface area (TPSA) is 72.4 Å². The molecule has 3 aromatic rings. The summed E-state index contributed by atoms with van der Waals surface area (Å²) in [6.07, 6.45) is 5.32. The fourth-order valence-corrected chi connectivity index (χ4v) is 3.93. The van der Waals surface area contributed by atoms with E-state index in [0.29, 0.717) is 35.6 Å². The third-order valence-corrected chi connectivity index (χ3v) is 5.63. The molecule has 154 valence electrons. The molecule has 2 heterocycles. The Morgan fingerprint density at radius 1 is 1.03 bits per heavy atom. The Morgan fingerprint density at radius 2 is 1.73 bits per heavy atom. The number of esters is 1. The van der Waals surface area contributed by atoms with Crippen molar-refractivity contribution >= 4 is 22.9 Å². The Bertz CT molecular complexity index is 1030. The van der Waals surface area contributed by atoms with Crippen molar-refractivity contribution in [1.82, 2.24) is 14.9 Å². The van der Waals surface area contributed by atoms with Crippen LogP contribution in [0.15, 0.2) is 60.9 Å². The molecule has 0 unspecified atom stereocenters. The van der Waals surface area contributed by atoms with Crippen molar-refractivity contribution in [1.29, 1.82) is 0 Å². The van der Waals surface area contributed by atoms with Crippen molar-refractivity contribution in [2.24, 2.45) is 5.92 Å². The van der Waals surface area contributed by atoms with E-state index in [1.54, 1.807) is 37.5 Å². The summed E-state index contributed by atoms with van der Waals surface area (Å²) < 4.78 is 5.44. The van der Waals surface area contributed by atoms with E-state index < -0.39 is 12.1 Å². The summed E-state index contributed by atoms with van der Waals surface area (Å²) in [5.41, 5.74) is 3.02. The number of ether oxygens (including phenoxy) is 1. The normalized spacial score (nSPS) is 15.7. The van der Waals surface area contributed by atoms with E-state index in [4.69, 9.17) is 4.74 Å². The van der Waals surface area contributed by atoms with Gasteiger partial charge in [-0.1, -0.05) is 30.3 Å². The summed E-state index contributed by atoms with van der Waals surface area (Å²) in [7, 11) is 0. The number of hydrogen-bond acceptors (Lipinski definition) is 5. The van der Waals surface area contributed by atoms with E-state index in [1.165, 1.54) is 5.56 Å². The first kappa shape index (κ1) is 20.0. The van der Waals surface area contributed by atoms with Crippen molar-refractivity contribution in [3.63, 3.8) is 0 Å². The standard InChI is InChI=1S/C24H25N3O3/c1-17(30-24(29)20-7-8-21-22(16-20)26-12-11-25-21)23(28)27-13-9-19(10-14-27)15-18-5-3-2-4-6-18/h2-8,11-12,16-17,19H,9-10,13-15H2,1H3/t17-/m1/s1. The number of carbonyl (C=O) groups excluding carboxylic acids is 2. The Labute approximate surface area is 175 Å². The lowest BCUT2D eigenvalue weighted by atomic mass is 9.90. The predicted octanol–water partition coefficient (Wildman–Crippen LogP) is 3.66. The second kappa shape index (κ2) is 9.03. The Hall–Kier alpha value is -3.28. The van der Waals surface area contributed by atoms with Crippen molar-refractivity contribution in [3.8, 4) is 0 Å². The summed E-state index contributed by atoms with van der Waals surface area (Å²) in [6.45, 7) is 3.03. The van der Waals surface area contributed by atoms with Gasteiger partial charge in [-0.25, -0.2) is 4.79 Å². The maximum absolute atomic E-state index is 12.8. The molecule has 0 spiro atoms. The van der Waals surface area contributed by atoms with Crippen LogP contribution in [0.2, 0.25) is 0 Å². The number of carbonyl (C=O) groups is 2. The lowest BCUT2D eigenvalue weighted by Crippen LogP contribution is -2.44.